The molecule has 0 aromatic heterocycles. The average Bonchev–Trinajstić information content (AvgIpc) is 2.85. The van der Waals surface area contributed by atoms with Crippen molar-refractivity contribution in [3.63, 3.8) is 0 Å². The third kappa shape index (κ3) is 2.66. The molecule has 0 fully saturated rings. The second kappa shape index (κ2) is 7.81. The number of phenolic OH excluding ortho intramolecular Hbond substituents is 2. The first kappa shape index (κ1) is 25.3. The number of ether oxygens (including phenoxy) is 2. The van der Waals surface area contributed by atoms with Crippen LogP contribution in [0.15, 0.2) is 23.9 Å². The Hall–Kier alpha value is -4.39. The Morgan fingerprint density at radius 2 is 1.68 bits per heavy atom. The first-order valence-corrected chi connectivity index (χ1v) is 11.2. The van der Waals surface area contributed by atoms with Gasteiger partial charge in [0, 0.05) is 36.3 Å². The van der Waals surface area contributed by atoms with Crippen molar-refractivity contribution in [2.24, 2.45) is 5.73 Å². The summed E-state index contributed by atoms with van der Waals surface area (Å²) in [6.07, 6.45) is -1.56. The Morgan fingerprint density at radius 3 is 2.29 bits per heavy atom. The molecule has 3 aliphatic carbocycles. The van der Waals surface area contributed by atoms with Gasteiger partial charge in [0.25, 0.3) is 0 Å². The summed E-state index contributed by atoms with van der Waals surface area (Å²) in [6.45, 7) is 1.45. The predicted molar refractivity (Wildman–Crippen MR) is 125 cm³/mol. The van der Waals surface area contributed by atoms with Crippen LogP contribution in [0.4, 0.5) is 0 Å². The molecule has 0 bridgehead atoms. The highest BCUT2D eigenvalue weighted by Crippen LogP contribution is 2.56. The highest BCUT2D eigenvalue weighted by Gasteiger charge is 2.72. The van der Waals surface area contributed by atoms with Crippen molar-refractivity contribution in [1.82, 2.24) is 0 Å². The van der Waals surface area contributed by atoms with Crippen LogP contribution in [0.1, 0.15) is 68.5 Å². The molecule has 0 amide bonds. The highest BCUT2D eigenvalue weighted by molar-refractivity contribution is 6.30. The maximum Gasteiger partial charge on any atom is 0.341 e. The quantitative estimate of drug-likeness (QED) is 0.329. The maximum absolute atomic E-state index is 14.1. The summed E-state index contributed by atoms with van der Waals surface area (Å²) in [5, 5.41) is 45.5. The largest absolute Gasteiger partial charge is 0.507 e. The Labute approximate surface area is 213 Å². The lowest BCUT2D eigenvalue weighted by molar-refractivity contribution is -0.181. The van der Waals surface area contributed by atoms with Crippen LogP contribution >= 0.6 is 0 Å². The van der Waals surface area contributed by atoms with E-state index in [9.17, 15) is 44.4 Å². The lowest BCUT2D eigenvalue weighted by Gasteiger charge is -2.52. The van der Waals surface area contributed by atoms with Crippen LogP contribution in [0.3, 0.4) is 0 Å². The van der Waals surface area contributed by atoms with E-state index in [0.717, 1.165) is 26.4 Å². The summed E-state index contributed by atoms with van der Waals surface area (Å²) in [5.41, 5.74) is -4.14. The van der Waals surface area contributed by atoms with Crippen LogP contribution in [0.25, 0.3) is 0 Å². The van der Waals surface area contributed by atoms with Crippen molar-refractivity contribution in [2.45, 2.75) is 30.7 Å². The highest BCUT2D eigenvalue weighted by atomic mass is 16.5. The predicted octanol–water partition coefficient (Wildman–Crippen LogP) is -0.0166. The summed E-state index contributed by atoms with van der Waals surface area (Å²) in [6, 6.07) is 2.18. The van der Waals surface area contributed by atoms with E-state index in [4.69, 9.17) is 15.2 Å². The molecule has 5 rings (SSSR count). The molecule has 0 radical (unpaired) electrons. The van der Waals surface area contributed by atoms with Crippen molar-refractivity contribution >= 4 is 29.1 Å². The number of ketones is 4. The van der Waals surface area contributed by atoms with Gasteiger partial charge in [0.2, 0.25) is 17.3 Å². The van der Waals surface area contributed by atoms with E-state index in [2.05, 4.69) is 0 Å². The number of nitrogens with two attached hydrogens (primary N) is 1. The molecular weight excluding hydrogens is 502 g/mol. The van der Waals surface area contributed by atoms with Crippen LogP contribution in [-0.2, 0) is 21.5 Å². The fourth-order valence-corrected chi connectivity index (χ4v) is 5.87. The van der Waals surface area contributed by atoms with E-state index >= 15 is 0 Å². The first-order chi connectivity index (χ1) is 17.8. The third-order valence-electron chi connectivity index (χ3n) is 7.55. The molecule has 12 nitrogen and oxygen atoms in total. The van der Waals surface area contributed by atoms with Gasteiger partial charge in [-0.2, -0.15) is 0 Å². The number of allylic oxidation sites excluding steroid dienone is 2. The number of aromatic hydroxyl groups is 2. The summed E-state index contributed by atoms with van der Waals surface area (Å²) < 4.78 is 10.1. The fourth-order valence-electron chi connectivity index (χ4n) is 5.87. The van der Waals surface area contributed by atoms with E-state index in [0.29, 0.717) is 0 Å². The van der Waals surface area contributed by atoms with E-state index < -0.39 is 103 Å². The molecule has 0 spiro atoms. The van der Waals surface area contributed by atoms with Gasteiger partial charge in [0.1, 0.15) is 17.1 Å². The minimum absolute atomic E-state index is 0.0283. The number of phenols is 2. The second-order valence-electron chi connectivity index (χ2n) is 9.33. The first-order valence-electron chi connectivity index (χ1n) is 11.2. The summed E-state index contributed by atoms with van der Waals surface area (Å²) in [4.78, 5) is 65.9. The zero-order valence-electron chi connectivity index (χ0n) is 20.2. The molecule has 2 aromatic rings. The Kier molecular flexibility index (Phi) is 5.19. The number of methoxy groups -OCH3 is 2. The van der Waals surface area contributed by atoms with Crippen LogP contribution in [-0.4, -0.2) is 75.5 Å². The zero-order chi connectivity index (χ0) is 28.1. The second-order valence-corrected chi connectivity index (χ2v) is 9.33. The lowest BCUT2D eigenvalue weighted by atomic mass is 9.56. The maximum atomic E-state index is 14.1. The van der Waals surface area contributed by atoms with Crippen LogP contribution in [0, 0.1) is 6.92 Å². The van der Waals surface area contributed by atoms with Gasteiger partial charge in [0.05, 0.1) is 30.0 Å². The molecule has 3 atom stereocenters. The molecule has 3 aliphatic rings. The van der Waals surface area contributed by atoms with E-state index in [1.807, 2.05) is 0 Å². The standard InChI is InChI=1S/C26H21NO11/c1-8-4-9-5-14(29)26(38-3)23(34)17-11(6-10-16(20(17)31)13(28)7-12(27)19(10)30)22(33)25(26,36)18(9)21(32)15(8)24(35)37-2/h4,6-7,14,29,31-32,36H,5,27H2,1-3H3/t14-,25-,26-/m1/s1. The van der Waals surface area contributed by atoms with Crippen molar-refractivity contribution < 1.29 is 53.9 Å². The topological polar surface area (TPSA) is 211 Å². The van der Waals surface area contributed by atoms with Crippen LogP contribution in [0.5, 0.6) is 11.5 Å². The van der Waals surface area contributed by atoms with Crippen molar-refractivity contribution in [1.29, 1.82) is 0 Å². The monoisotopic (exact) mass is 523 g/mol. The number of aryl methyl sites for hydroxylation is 1. The molecule has 0 heterocycles. The van der Waals surface area contributed by atoms with Gasteiger partial charge in [-0.25, -0.2) is 4.79 Å². The number of hydrogen-bond acceptors (Lipinski definition) is 12. The number of rotatable bonds is 2. The molecule has 0 saturated heterocycles. The summed E-state index contributed by atoms with van der Waals surface area (Å²) >= 11 is 0. The lowest BCUT2D eigenvalue weighted by Crippen LogP contribution is -2.73. The molecular formula is C26H21NO11. The smallest absolute Gasteiger partial charge is 0.341 e. The minimum atomic E-state index is -3.15. The van der Waals surface area contributed by atoms with Crippen molar-refractivity contribution in [3.05, 3.63) is 68.4 Å². The molecule has 0 saturated carbocycles. The average molecular weight is 523 g/mol. The number of carbonyl (C=O) groups excluding carboxylic acids is 5. The van der Waals surface area contributed by atoms with Gasteiger partial charge in [-0.05, 0) is 24.1 Å². The summed E-state index contributed by atoms with van der Waals surface area (Å²) in [7, 11) is 1.98. The Balaban J connectivity index is 1.92. The SMILES string of the molecule is COC(=O)c1c(C)cc2c(c1O)[C@@]1(O)C(=O)c3cc4c(c(O)c3C(=O)[C@]1(OC)[C@H](O)C2)C(=O)C=C(N)C4=O. The number of aliphatic hydroxyl groups is 2. The molecule has 2 aromatic carbocycles. The Bertz CT molecular complexity index is 1590. The van der Waals surface area contributed by atoms with E-state index in [1.165, 1.54) is 13.0 Å². The Morgan fingerprint density at radius 1 is 1.03 bits per heavy atom. The number of benzene rings is 2. The van der Waals surface area contributed by atoms with Gasteiger partial charge in [-0.15, -0.1) is 0 Å². The number of aliphatic hydroxyl groups excluding tert-OH is 1. The van der Waals surface area contributed by atoms with Crippen LogP contribution in [0.2, 0.25) is 0 Å². The zero-order valence-corrected chi connectivity index (χ0v) is 20.2. The minimum Gasteiger partial charge on any atom is -0.507 e. The van der Waals surface area contributed by atoms with Gasteiger partial charge >= 0.3 is 5.97 Å². The molecule has 196 valence electrons. The number of carbonyl (C=O) groups is 5. The van der Waals surface area contributed by atoms with Crippen LogP contribution < -0.4 is 5.73 Å². The number of esters is 1. The molecule has 6 N–H and O–H groups in total. The van der Waals surface area contributed by atoms with Gasteiger partial charge in [0.15, 0.2) is 17.0 Å². The normalized spacial score (nSPS) is 25.7. The van der Waals surface area contributed by atoms with E-state index in [1.54, 1.807) is 0 Å². The third-order valence-corrected chi connectivity index (χ3v) is 7.55. The van der Waals surface area contributed by atoms with Crippen molar-refractivity contribution in [2.75, 3.05) is 14.2 Å². The van der Waals surface area contributed by atoms with Crippen molar-refractivity contribution in [3.8, 4) is 11.5 Å². The number of fused-ring (bicyclic) bond motifs is 5. The number of hydrogen-bond donors (Lipinski definition) is 5. The fraction of sp³-hybridized carbons (Fsp3) is 0.269. The molecule has 38 heavy (non-hydrogen) atoms. The van der Waals surface area contributed by atoms with Gasteiger partial charge in [-0.3, -0.25) is 19.2 Å². The van der Waals surface area contributed by atoms with Gasteiger partial charge in [-0.1, -0.05) is 6.07 Å². The molecule has 0 aliphatic heterocycles. The van der Waals surface area contributed by atoms with Gasteiger partial charge < -0.3 is 35.6 Å². The molecule has 12 heteroatoms. The van der Waals surface area contributed by atoms with E-state index in [-0.39, 0.29) is 11.1 Å². The summed E-state index contributed by atoms with van der Waals surface area (Å²) in [5.74, 6) is -7.38. The molecule has 0 unspecified atom stereocenters. The number of Topliss-reactive ketones (excluding diaryl/α,β-unsaturated/α-hetero) is 3.